The summed E-state index contributed by atoms with van der Waals surface area (Å²) in [7, 11) is 0. The van der Waals surface area contributed by atoms with Crippen LogP contribution in [0, 0.1) is 0 Å². The Bertz CT molecular complexity index is 514. The Hall–Kier alpha value is -1.96. The van der Waals surface area contributed by atoms with Gasteiger partial charge in [0.15, 0.2) is 12.2 Å². The van der Waals surface area contributed by atoms with Gasteiger partial charge in [-0.15, -0.1) is 0 Å². The lowest BCUT2D eigenvalue weighted by atomic mass is 9.99. The Morgan fingerprint density at radius 3 is 2.59 bits per heavy atom. The van der Waals surface area contributed by atoms with Gasteiger partial charge in [-0.2, -0.15) is 0 Å². The first-order valence-electron chi connectivity index (χ1n) is 6.84. The number of hydrogen-bond acceptors (Lipinski definition) is 6. The van der Waals surface area contributed by atoms with Gasteiger partial charge in [0.05, 0.1) is 13.2 Å². The smallest absolute Gasteiger partial charge is 0.335 e. The number of ether oxygens (including phenoxy) is 3. The molecule has 1 aromatic carbocycles. The predicted octanol–water partition coefficient (Wildman–Crippen LogP) is 0.348. The van der Waals surface area contributed by atoms with Crippen molar-refractivity contribution >= 4 is 11.9 Å². The highest BCUT2D eigenvalue weighted by Gasteiger charge is 2.45. The van der Waals surface area contributed by atoms with Gasteiger partial charge < -0.3 is 24.4 Å². The molecule has 0 spiro atoms. The molecule has 2 rings (SSSR count). The molecule has 1 aliphatic heterocycles. The largest absolute Gasteiger partial charge is 0.479 e. The van der Waals surface area contributed by atoms with Gasteiger partial charge in [-0.25, -0.2) is 4.79 Å². The number of carbonyl (C=O) groups is 2. The van der Waals surface area contributed by atoms with Crippen molar-refractivity contribution in [3.8, 4) is 0 Å². The molecule has 2 N–H and O–H groups in total. The first kappa shape index (κ1) is 16.4. The van der Waals surface area contributed by atoms with E-state index in [1.54, 1.807) is 0 Å². The number of carbonyl (C=O) groups excluding carboxylic acids is 1. The second kappa shape index (κ2) is 7.35. The van der Waals surface area contributed by atoms with E-state index in [1.165, 1.54) is 6.92 Å². The summed E-state index contributed by atoms with van der Waals surface area (Å²) in [5.74, 6) is -1.84. The molecule has 1 aromatic rings. The van der Waals surface area contributed by atoms with Crippen LogP contribution >= 0.6 is 0 Å². The highest BCUT2D eigenvalue weighted by atomic mass is 16.6. The van der Waals surface area contributed by atoms with Crippen molar-refractivity contribution in [2.75, 3.05) is 6.61 Å². The molecule has 0 amide bonds. The van der Waals surface area contributed by atoms with Crippen molar-refractivity contribution in [3.63, 3.8) is 0 Å². The Morgan fingerprint density at radius 2 is 2.00 bits per heavy atom. The highest BCUT2D eigenvalue weighted by Crippen LogP contribution is 2.22. The van der Waals surface area contributed by atoms with Crippen molar-refractivity contribution in [1.29, 1.82) is 0 Å². The molecule has 0 bridgehead atoms. The van der Waals surface area contributed by atoms with Crippen molar-refractivity contribution in [2.24, 2.45) is 0 Å². The maximum Gasteiger partial charge on any atom is 0.335 e. The number of carboxylic acids is 1. The van der Waals surface area contributed by atoms with Crippen molar-refractivity contribution in [2.45, 2.75) is 37.9 Å². The molecular formula is C15H18O7. The van der Waals surface area contributed by atoms with Crippen LogP contribution in [0.4, 0.5) is 0 Å². The van der Waals surface area contributed by atoms with Gasteiger partial charge >= 0.3 is 11.9 Å². The van der Waals surface area contributed by atoms with E-state index in [0.717, 1.165) is 5.56 Å². The Morgan fingerprint density at radius 1 is 1.32 bits per heavy atom. The van der Waals surface area contributed by atoms with E-state index in [0.29, 0.717) is 0 Å². The molecule has 120 valence electrons. The summed E-state index contributed by atoms with van der Waals surface area (Å²) in [4.78, 5) is 22.2. The molecule has 0 aliphatic carbocycles. The minimum atomic E-state index is -1.43. The maximum atomic E-state index is 11.1. The van der Waals surface area contributed by atoms with E-state index in [2.05, 4.69) is 0 Å². The highest BCUT2D eigenvalue weighted by molar-refractivity contribution is 5.73. The summed E-state index contributed by atoms with van der Waals surface area (Å²) in [5.41, 5.74) is 0.856. The third-order valence-electron chi connectivity index (χ3n) is 3.30. The van der Waals surface area contributed by atoms with Crippen LogP contribution in [0.2, 0.25) is 0 Å². The van der Waals surface area contributed by atoms with Crippen LogP contribution in [0.5, 0.6) is 0 Å². The maximum absolute atomic E-state index is 11.1. The zero-order chi connectivity index (χ0) is 16.1. The van der Waals surface area contributed by atoms with Crippen LogP contribution in [0.3, 0.4) is 0 Å². The van der Waals surface area contributed by atoms with Crippen molar-refractivity contribution < 1.29 is 34.0 Å². The molecule has 1 fully saturated rings. The second-order valence-electron chi connectivity index (χ2n) is 4.99. The monoisotopic (exact) mass is 310 g/mol. The van der Waals surface area contributed by atoms with Crippen molar-refractivity contribution in [3.05, 3.63) is 35.9 Å². The lowest BCUT2D eigenvalue weighted by Crippen LogP contribution is -2.57. The van der Waals surface area contributed by atoms with Crippen LogP contribution in [0.25, 0.3) is 0 Å². The second-order valence-corrected chi connectivity index (χ2v) is 4.99. The van der Waals surface area contributed by atoms with Crippen LogP contribution in [0.15, 0.2) is 30.3 Å². The topological polar surface area (TPSA) is 102 Å². The quantitative estimate of drug-likeness (QED) is 0.756. The van der Waals surface area contributed by atoms with Crippen LogP contribution in [-0.4, -0.2) is 53.2 Å². The minimum Gasteiger partial charge on any atom is -0.479 e. The van der Waals surface area contributed by atoms with Gasteiger partial charge in [-0.05, 0) is 5.56 Å². The molecule has 0 radical (unpaired) electrons. The molecule has 1 saturated heterocycles. The fraction of sp³-hybridized carbons (Fsp3) is 0.467. The van der Waals surface area contributed by atoms with E-state index in [9.17, 15) is 14.7 Å². The summed E-state index contributed by atoms with van der Waals surface area (Å²) >= 11 is 0. The minimum absolute atomic E-state index is 0.146. The lowest BCUT2D eigenvalue weighted by Gasteiger charge is -2.37. The van der Waals surface area contributed by atoms with Gasteiger partial charge in [-0.1, -0.05) is 30.3 Å². The van der Waals surface area contributed by atoms with Crippen LogP contribution in [-0.2, 0) is 30.4 Å². The first-order chi connectivity index (χ1) is 10.5. The number of carboxylic acid groups (broad SMARTS) is 1. The van der Waals surface area contributed by atoms with E-state index in [4.69, 9.17) is 19.3 Å². The number of rotatable bonds is 5. The third kappa shape index (κ3) is 4.03. The number of aliphatic hydroxyl groups is 1. The molecule has 0 saturated carbocycles. The van der Waals surface area contributed by atoms with E-state index in [-0.39, 0.29) is 13.2 Å². The standard InChI is InChI=1S/C15H18O7/c1-9(16)22-11-8-21-14(15(18)19)12(17)13(11)20-7-10-5-3-2-4-6-10/h2-6,11-14,17H,7-8H2,1H3,(H,18,19)/t11?,12-,13-,14?/m0/s1. The summed E-state index contributed by atoms with van der Waals surface area (Å²) in [6, 6.07) is 9.20. The molecule has 0 aromatic heterocycles. The van der Waals surface area contributed by atoms with E-state index < -0.39 is 36.4 Å². The molecule has 7 nitrogen and oxygen atoms in total. The van der Waals surface area contributed by atoms with Crippen LogP contribution in [0.1, 0.15) is 12.5 Å². The molecular weight excluding hydrogens is 292 g/mol. The zero-order valence-corrected chi connectivity index (χ0v) is 12.0. The predicted molar refractivity (Wildman–Crippen MR) is 74.0 cm³/mol. The van der Waals surface area contributed by atoms with Gasteiger partial charge in [0.25, 0.3) is 0 Å². The number of aliphatic hydroxyl groups excluding tert-OH is 1. The molecule has 4 atom stereocenters. The summed E-state index contributed by atoms with van der Waals surface area (Å²) in [6.07, 6.45) is -4.67. The SMILES string of the molecule is CC(=O)OC1COC(C(=O)O)[C@@H](O)[C@H]1OCc1ccccc1. The summed E-state index contributed by atoms with van der Waals surface area (Å²) in [5, 5.41) is 19.2. The van der Waals surface area contributed by atoms with Gasteiger partial charge in [0, 0.05) is 6.92 Å². The fourth-order valence-corrected chi connectivity index (χ4v) is 2.29. The fourth-order valence-electron chi connectivity index (χ4n) is 2.29. The summed E-state index contributed by atoms with van der Waals surface area (Å²) in [6.45, 7) is 1.24. The Labute approximate surface area is 127 Å². The van der Waals surface area contributed by atoms with Crippen molar-refractivity contribution in [1.82, 2.24) is 0 Å². The molecule has 2 unspecified atom stereocenters. The average molecular weight is 310 g/mol. The number of aliphatic carboxylic acids is 1. The molecule has 1 aliphatic rings. The van der Waals surface area contributed by atoms with Crippen LogP contribution < -0.4 is 0 Å². The van der Waals surface area contributed by atoms with Gasteiger partial charge in [0.2, 0.25) is 0 Å². The normalized spacial score (nSPS) is 28.1. The first-order valence-corrected chi connectivity index (χ1v) is 6.84. The third-order valence-corrected chi connectivity index (χ3v) is 3.30. The van der Waals surface area contributed by atoms with E-state index >= 15 is 0 Å². The number of hydrogen-bond donors (Lipinski definition) is 2. The zero-order valence-electron chi connectivity index (χ0n) is 12.0. The van der Waals surface area contributed by atoms with E-state index in [1.807, 2.05) is 30.3 Å². The molecule has 22 heavy (non-hydrogen) atoms. The van der Waals surface area contributed by atoms with Gasteiger partial charge in [-0.3, -0.25) is 4.79 Å². The Kier molecular flexibility index (Phi) is 5.48. The summed E-state index contributed by atoms with van der Waals surface area (Å²) < 4.78 is 15.7. The molecule has 7 heteroatoms. The van der Waals surface area contributed by atoms with Gasteiger partial charge in [0.1, 0.15) is 12.2 Å². The average Bonchev–Trinajstić information content (AvgIpc) is 2.47. The number of esters is 1. The number of benzene rings is 1. The Balaban J connectivity index is 2.08. The molecule has 1 heterocycles. The lowest BCUT2D eigenvalue weighted by molar-refractivity contribution is -0.223.